The second-order valence-electron chi connectivity index (χ2n) is 6.06. The number of sulfonamides is 1. The molecule has 0 aromatic carbocycles. The molecule has 2 bridgehead atoms. The van der Waals surface area contributed by atoms with E-state index in [4.69, 9.17) is 0 Å². The van der Waals surface area contributed by atoms with Crippen LogP contribution in [-0.2, 0) is 23.0 Å². The minimum absolute atomic E-state index is 0.318. The van der Waals surface area contributed by atoms with Crippen LogP contribution in [0.4, 0.5) is 0 Å². The Morgan fingerprint density at radius 1 is 1.20 bits per heavy atom. The highest BCUT2D eigenvalue weighted by Gasteiger charge is 2.37. The van der Waals surface area contributed by atoms with Crippen LogP contribution in [0.5, 0.6) is 0 Å². The van der Waals surface area contributed by atoms with Gasteiger partial charge < -0.3 is 9.88 Å². The van der Waals surface area contributed by atoms with Gasteiger partial charge in [0.25, 0.3) is 10.0 Å². The fourth-order valence-corrected chi connectivity index (χ4v) is 5.35. The number of nitrogens with one attached hydrogen (secondary N) is 1. The largest absolute Gasteiger partial charge is 0.318 e. The molecule has 2 unspecified atom stereocenters. The van der Waals surface area contributed by atoms with Crippen LogP contribution in [0.2, 0.25) is 0 Å². The van der Waals surface area contributed by atoms with Crippen molar-refractivity contribution in [3.63, 3.8) is 0 Å². The summed E-state index contributed by atoms with van der Waals surface area (Å²) in [6, 6.07) is 0.814. The van der Waals surface area contributed by atoms with E-state index in [0.717, 1.165) is 38.1 Å². The van der Waals surface area contributed by atoms with Crippen LogP contribution in [0, 0.1) is 0 Å². The number of imidazole rings is 1. The van der Waals surface area contributed by atoms with Gasteiger partial charge in [0.05, 0.1) is 6.20 Å². The predicted octanol–water partition coefficient (Wildman–Crippen LogP) is 0.344. The molecule has 0 amide bonds. The van der Waals surface area contributed by atoms with Crippen molar-refractivity contribution >= 4 is 10.0 Å². The SMILES string of the molecule is O=S(=O)(c1cnc2n1CCC2)N1CCC2CCC(C1)N2. The zero-order valence-electron chi connectivity index (χ0n) is 11.5. The normalized spacial score (nSPS) is 30.4. The van der Waals surface area contributed by atoms with Crippen molar-refractivity contribution in [2.75, 3.05) is 13.1 Å². The van der Waals surface area contributed by atoms with Gasteiger partial charge >= 0.3 is 0 Å². The Bertz CT molecular complexity index is 624. The van der Waals surface area contributed by atoms with Gasteiger partial charge in [0.1, 0.15) is 5.82 Å². The van der Waals surface area contributed by atoms with Crippen molar-refractivity contribution in [2.45, 2.75) is 55.8 Å². The van der Waals surface area contributed by atoms with Crippen LogP contribution >= 0.6 is 0 Å². The Labute approximate surface area is 119 Å². The quantitative estimate of drug-likeness (QED) is 0.855. The van der Waals surface area contributed by atoms with Gasteiger partial charge in [-0.25, -0.2) is 13.4 Å². The molecule has 3 aliphatic rings. The molecule has 6 nitrogen and oxygen atoms in total. The van der Waals surface area contributed by atoms with E-state index >= 15 is 0 Å². The molecule has 1 N–H and O–H groups in total. The first kappa shape index (κ1) is 12.8. The van der Waals surface area contributed by atoms with Crippen molar-refractivity contribution in [2.24, 2.45) is 0 Å². The first-order valence-corrected chi connectivity index (χ1v) is 8.89. The minimum Gasteiger partial charge on any atom is -0.318 e. The summed E-state index contributed by atoms with van der Waals surface area (Å²) in [4.78, 5) is 4.27. The van der Waals surface area contributed by atoms with Gasteiger partial charge in [-0.1, -0.05) is 0 Å². The summed E-state index contributed by atoms with van der Waals surface area (Å²) >= 11 is 0. The topological polar surface area (TPSA) is 67.2 Å². The molecule has 2 atom stereocenters. The molecule has 0 spiro atoms. The molecular formula is C13H20N4O2S. The van der Waals surface area contributed by atoms with Crippen molar-refractivity contribution in [1.29, 1.82) is 0 Å². The van der Waals surface area contributed by atoms with Crippen LogP contribution < -0.4 is 5.32 Å². The second kappa shape index (κ2) is 4.54. The number of rotatable bonds is 2. The van der Waals surface area contributed by atoms with Gasteiger partial charge in [-0.2, -0.15) is 4.31 Å². The number of fused-ring (bicyclic) bond motifs is 3. The maximum absolute atomic E-state index is 12.9. The molecule has 4 rings (SSSR count). The highest BCUT2D eigenvalue weighted by atomic mass is 32.2. The summed E-state index contributed by atoms with van der Waals surface area (Å²) in [6.45, 7) is 2.00. The van der Waals surface area contributed by atoms with E-state index in [1.807, 2.05) is 4.57 Å². The lowest BCUT2D eigenvalue weighted by molar-refractivity contribution is 0.379. The Morgan fingerprint density at radius 2 is 2.05 bits per heavy atom. The molecule has 1 aromatic heterocycles. The first-order chi connectivity index (χ1) is 9.64. The van der Waals surface area contributed by atoms with Crippen LogP contribution in [-0.4, -0.2) is 47.4 Å². The summed E-state index contributed by atoms with van der Waals surface area (Å²) in [5, 5.41) is 3.92. The zero-order valence-corrected chi connectivity index (χ0v) is 12.3. The van der Waals surface area contributed by atoms with Gasteiger partial charge in [0.15, 0.2) is 5.03 Å². The van der Waals surface area contributed by atoms with Crippen molar-refractivity contribution in [1.82, 2.24) is 19.2 Å². The lowest BCUT2D eigenvalue weighted by Crippen LogP contribution is -2.39. The molecule has 3 aliphatic heterocycles. The van der Waals surface area contributed by atoms with Gasteiger partial charge in [0.2, 0.25) is 0 Å². The zero-order chi connectivity index (χ0) is 13.7. The van der Waals surface area contributed by atoms with Crippen molar-refractivity contribution in [3.8, 4) is 0 Å². The number of nitrogens with zero attached hydrogens (tertiary/aromatic N) is 3. The van der Waals surface area contributed by atoms with E-state index in [-0.39, 0.29) is 0 Å². The summed E-state index contributed by atoms with van der Waals surface area (Å²) < 4.78 is 29.3. The Balaban J connectivity index is 1.66. The summed E-state index contributed by atoms with van der Waals surface area (Å²) in [6.07, 6.45) is 6.61. The lowest BCUT2D eigenvalue weighted by Gasteiger charge is -2.23. The molecule has 0 aliphatic carbocycles. The van der Waals surface area contributed by atoms with Gasteiger partial charge in [-0.05, 0) is 25.7 Å². The van der Waals surface area contributed by atoms with E-state index in [2.05, 4.69) is 10.3 Å². The molecule has 4 heterocycles. The summed E-state index contributed by atoms with van der Waals surface area (Å²) in [7, 11) is -3.40. The predicted molar refractivity (Wildman–Crippen MR) is 73.9 cm³/mol. The highest BCUT2D eigenvalue weighted by molar-refractivity contribution is 7.89. The number of hydrogen-bond acceptors (Lipinski definition) is 4. The standard InChI is InChI=1S/C13H20N4O2S/c18-20(19,13-8-14-12-2-1-6-17(12)13)16-7-5-10-3-4-11(9-16)15-10/h8,10-11,15H,1-7,9H2. The number of hydrogen-bond donors (Lipinski definition) is 1. The van der Waals surface area contributed by atoms with Crippen molar-refractivity contribution < 1.29 is 8.42 Å². The van der Waals surface area contributed by atoms with E-state index in [1.165, 1.54) is 6.42 Å². The fourth-order valence-electron chi connectivity index (χ4n) is 3.70. The molecule has 0 radical (unpaired) electrons. The Kier molecular flexibility index (Phi) is 2.90. The first-order valence-electron chi connectivity index (χ1n) is 7.45. The lowest BCUT2D eigenvalue weighted by atomic mass is 10.1. The van der Waals surface area contributed by atoms with Crippen LogP contribution in [0.15, 0.2) is 11.2 Å². The van der Waals surface area contributed by atoms with Gasteiger partial charge in [-0.3, -0.25) is 0 Å². The maximum Gasteiger partial charge on any atom is 0.260 e. The van der Waals surface area contributed by atoms with Crippen molar-refractivity contribution in [3.05, 3.63) is 12.0 Å². The number of aryl methyl sites for hydroxylation is 1. The van der Waals surface area contributed by atoms with Crippen LogP contribution in [0.1, 0.15) is 31.5 Å². The van der Waals surface area contributed by atoms with E-state index in [9.17, 15) is 8.42 Å². The molecule has 2 saturated heterocycles. The van der Waals surface area contributed by atoms with Gasteiger partial charge in [0, 0.05) is 38.1 Å². The summed E-state index contributed by atoms with van der Waals surface area (Å²) in [5.74, 6) is 0.915. The third-order valence-corrected chi connectivity index (χ3v) is 6.64. The van der Waals surface area contributed by atoms with Crippen LogP contribution in [0.25, 0.3) is 0 Å². The highest BCUT2D eigenvalue weighted by Crippen LogP contribution is 2.27. The Morgan fingerprint density at radius 3 is 2.95 bits per heavy atom. The molecular weight excluding hydrogens is 276 g/mol. The molecule has 2 fully saturated rings. The minimum atomic E-state index is -3.40. The third kappa shape index (κ3) is 1.91. The smallest absolute Gasteiger partial charge is 0.260 e. The fraction of sp³-hybridized carbons (Fsp3) is 0.769. The third-order valence-electron chi connectivity index (χ3n) is 4.77. The van der Waals surface area contributed by atoms with E-state index in [1.54, 1.807) is 10.5 Å². The van der Waals surface area contributed by atoms with Crippen LogP contribution in [0.3, 0.4) is 0 Å². The second-order valence-corrected chi connectivity index (χ2v) is 7.94. The molecule has 110 valence electrons. The van der Waals surface area contributed by atoms with Gasteiger partial charge in [-0.15, -0.1) is 0 Å². The molecule has 20 heavy (non-hydrogen) atoms. The molecule has 1 aromatic rings. The monoisotopic (exact) mass is 296 g/mol. The Hall–Kier alpha value is -0.920. The average molecular weight is 296 g/mol. The molecule has 7 heteroatoms. The van der Waals surface area contributed by atoms with E-state index < -0.39 is 10.0 Å². The van der Waals surface area contributed by atoms with E-state index in [0.29, 0.717) is 30.2 Å². The average Bonchev–Trinajstić information content (AvgIpc) is 3.03. The maximum atomic E-state index is 12.9. The molecule has 0 saturated carbocycles. The number of aromatic nitrogens is 2. The summed E-state index contributed by atoms with van der Waals surface area (Å²) in [5.41, 5.74) is 0.